The lowest BCUT2D eigenvalue weighted by molar-refractivity contribution is -0.0180. The molecule has 0 aliphatic carbocycles. The molecule has 0 saturated heterocycles. The molecule has 7 aromatic rings. The van der Waals surface area contributed by atoms with Crippen LogP contribution in [0.4, 0.5) is 0 Å². The van der Waals surface area contributed by atoms with Gasteiger partial charge < -0.3 is 4.74 Å². The van der Waals surface area contributed by atoms with Crippen LogP contribution in [0.2, 0.25) is 0 Å². The molecule has 0 saturated carbocycles. The zero-order valence-corrected chi connectivity index (χ0v) is 23.4. The third kappa shape index (κ3) is 5.27. The highest BCUT2D eigenvalue weighted by atomic mass is 16.5. The Morgan fingerprint density at radius 1 is 0.488 bits per heavy atom. The van der Waals surface area contributed by atoms with Crippen molar-refractivity contribution >= 4 is 0 Å². The van der Waals surface area contributed by atoms with Crippen LogP contribution in [0.15, 0.2) is 152 Å². The van der Waals surface area contributed by atoms with Crippen LogP contribution in [0.5, 0.6) is 0 Å². The van der Waals surface area contributed by atoms with Crippen LogP contribution in [-0.2, 0) is 17.1 Å². The second-order valence-corrected chi connectivity index (χ2v) is 10.1. The number of rotatable bonds is 10. The van der Waals surface area contributed by atoms with Gasteiger partial charge >= 0.3 is 0 Å². The summed E-state index contributed by atoms with van der Waals surface area (Å²) in [7, 11) is 0. The second kappa shape index (κ2) is 11.7. The van der Waals surface area contributed by atoms with Crippen LogP contribution in [-0.4, -0.2) is 40.9 Å². The van der Waals surface area contributed by atoms with Crippen molar-refractivity contribution in [3.8, 4) is 33.8 Å². The van der Waals surface area contributed by atoms with Crippen LogP contribution in [0.25, 0.3) is 33.8 Å². The Labute approximate surface area is 249 Å². The molecule has 0 atom stereocenters. The summed E-state index contributed by atoms with van der Waals surface area (Å²) in [5, 5.41) is 15.3. The lowest BCUT2D eigenvalue weighted by Crippen LogP contribution is -2.52. The maximum absolute atomic E-state index is 6.45. The Kier molecular flexibility index (Phi) is 7.17. The van der Waals surface area contributed by atoms with Crippen molar-refractivity contribution in [2.45, 2.75) is 12.4 Å². The summed E-state index contributed by atoms with van der Waals surface area (Å²) in [6, 6.07) is 42.2. The summed E-state index contributed by atoms with van der Waals surface area (Å²) in [6.45, 7) is 0.486. The van der Waals surface area contributed by atoms with Gasteiger partial charge in [-0.25, -0.2) is 14.0 Å². The van der Waals surface area contributed by atoms with Crippen molar-refractivity contribution in [2.75, 3.05) is 6.61 Å². The van der Waals surface area contributed by atoms with Gasteiger partial charge in [-0.1, -0.05) is 97.1 Å². The first-order valence-electron chi connectivity index (χ1n) is 14.1. The molecule has 0 unspecified atom stereocenters. The van der Waals surface area contributed by atoms with E-state index in [0.717, 1.165) is 39.5 Å². The molecule has 0 amide bonds. The number of aromatic nitrogens is 7. The van der Waals surface area contributed by atoms with E-state index >= 15 is 0 Å². The summed E-state index contributed by atoms with van der Waals surface area (Å²) >= 11 is 0. The van der Waals surface area contributed by atoms with Gasteiger partial charge in [0.15, 0.2) is 0 Å². The molecule has 8 heteroatoms. The first kappa shape index (κ1) is 26.3. The minimum atomic E-state index is -1.12. The fourth-order valence-corrected chi connectivity index (χ4v) is 5.15. The predicted molar refractivity (Wildman–Crippen MR) is 166 cm³/mol. The molecule has 0 bridgehead atoms. The molecule has 7 rings (SSSR count). The number of ether oxygens (including phenoxy) is 1. The fraction of sp³-hybridized carbons (Fsp3) is 0.0857. The zero-order valence-electron chi connectivity index (χ0n) is 23.4. The molecule has 0 aliphatic heterocycles. The van der Waals surface area contributed by atoms with E-state index in [4.69, 9.17) is 20.0 Å². The van der Waals surface area contributed by atoms with E-state index in [0.29, 0.717) is 6.61 Å². The number of hydrogen-bond acceptors (Lipinski definition) is 5. The second-order valence-electron chi connectivity index (χ2n) is 10.1. The summed E-state index contributed by atoms with van der Waals surface area (Å²) in [5.74, 6) is -1.12. The van der Waals surface area contributed by atoms with Crippen molar-refractivity contribution in [3.63, 3.8) is 0 Å². The van der Waals surface area contributed by atoms with Crippen LogP contribution < -0.4 is 0 Å². The predicted octanol–water partition coefficient (Wildman–Crippen LogP) is 6.60. The zero-order chi connectivity index (χ0) is 28.9. The smallest absolute Gasteiger partial charge is 0.273 e. The molecule has 0 N–H and O–H groups in total. The van der Waals surface area contributed by atoms with E-state index in [2.05, 4.69) is 41.4 Å². The largest absolute Gasteiger partial charge is 0.368 e. The molecule has 4 heterocycles. The van der Waals surface area contributed by atoms with Gasteiger partial charge in [-0.15, -0.1) is 0 Å². The van der Waals surface area contributed by atoms with Crippen LogP contribution in [0.3, 0.4) is 0 Å². The van der Waals surface area contributed by atoms with Gasteiger partial charge in [-0.3, -0.25) is 4.98 Å². The van der Waals surface area contributed by atoms with E-state index in [1.165, 1.54) is 0 Å². The molecule has 0 radical (unpaired) electrons. The Morgan fingerprint density at radius 2 is 0.907 bits per heavy atom. The monoisotopic (exact) mass is 563 g/mol. The molecule has 3 aromatic carbocycles. The van der Waals surface area contributed by atoms with E-state index in [9.17, 15) is 0 Å². The quantitative estimate of drug-likeness (QED) is 0.188. The van der Waals surface area contributed by atoms with Gasteiger partial charge in [-0.2, -0.15) is 15.3 Å². The van der Waals surface area contributed by atoms with Gasteiger partial charge in [0.1, 0.15) is 6.61 Å². The minimum Gasteiger partial charge on any atom is -0.368 e. The Hall–Kier alpha value is -5.60. The highest BCUT2D eigenvalue weighted by Gasteiger charge is 2.40. The highest BCUT2D eigenvalue weighted by molar-refractivity contribution is 5.60. The molecular weight excluding hydrogens is 534 g/mol. The molecule has 210 valence electrons. The molecule has 43 heavy (non-hydrogen) atoms. The average molecular weight is 564 g/mol. The van der Waals surface area contributed by atoms with Crippen LogP contribution >= 0.6 is 0 Å². The third-order valence-electron chi connectivity index (χ3n) is 7.35. The summed E-state index contributed by atoms with van der Waals surface area (Å²) in [5.41, 5.74) is 6.38. The summed E-state index contributed by atoms with van der Waals surface area (Å²) in [4.78, 5) is 4.46. The molecule has 8 nitrogen and oxygen atoms in total. The van der Waals surface area contributed by atoms with E-state index in [1.807, 2.05) is 124 Å². The molecular formula is C35H29N7O. The highest BCUT2D eigenvalue weighted by Crippen LogP contribution is 2.29. The fourth-order valence-electron chi connectivity index (χ4n) is 5.15. The number of hydrogen-bond donors (Lipinski definition) is 0. The topological polar surface area (TPSA) is 75.6 Å². The maximum Gasteiger partial charge on any atom is 0.273 e. The van der Waals surface area contributed by atoms with Gasteiger partial charge in [-0.05, 0) is 30.3 Å². The summed E-state index contributed by atoms with van der Waals surface area (Å²) in [6.07, 6.45) is 7.64. The SMILES string of the molecule is c1ccc(-c2ccn(C(COCc3ccccn3)(n3ccc(-c4ccccc4)n3)n3ccc(-c4ccccc4)n3)n2)cc1. The van der Waals surface area contributed by atoms with Crippen molar-refractivity contribution in [2.24, 2.45) is 0 Å². The van der Waals surface area contributed by atoms with E-state index < -0.39 is 5.79 Å². The van der Waals surface area contributed by atoms with E-state index in [1.54, 1.807) is 6.20 Å². The number of benzene rings is 3. The molecule has 0 spiro atoms. The van der Waals surface area contributed by atoms with Crippen molar-refractivity contribution < 1.29 is 4.74 Å². The Morgan fingerprint density at radius 3 is 1.30 bits per heavy atom. The van der Waals surface area contributed by atoms with Gasteiger partial charge in [0.25, 0.3) is 5.79 Å². The van der Waals surface area contributed by atoms with Crippen molar-refractivity contribution in [3.05, 3.63) is 158 Å². The van der Waals surface area contributed by atoms with Gasteiger partial charge in [0.05, 0.1) is 29.4 Å². The average Bonchev–Trinajstić information content (AvgIpc) is 3.88. The normalized spacial score (nSPS) is 11.5. The lowest BCUT2D eigenvalue weighted by Gasteiger charge is -2.34. The Balaban J connectivity index is 1.39. The molecule has 0 fully saturated rings. The minimum absolute atomic E-state index is 0.172. The maximum atomic E-state index is 6.45. The van der Waals surface area contributed by atoms with Crippen molar-refractivity contribution in [1.29, 1.82) is 0 Å². The first-order chi connectivity index (χ1) is 21.3. The third-order valence-corrected chi connectivity index (χ3v) is 7.35. The first-order valence-corrected chi connectivity index (χ1v) is 14.1. The lowest BCUT2D eigenvalue weighted by atomic mass is 10.2. The molecule has 4 aromatic heterocycles. The van der Waals surface area contributed by atoms with Crippen molar-refractivity contribution in [1.82, 2.24) is 34.3 Å². The number of pyridine rings is 1. The van der Waals surface area contributed by atoms with Gasteiger partial charge in [0.2, 0.25) is 0 Å². The number of nitrogens with zero attached hydrogens (tertiary/aromatic N) is 7. The van der Waals surface area contributed by atoms with Crippen LogP contribution in [0.1, 0.15) is 5.69 Å². The van der Waals surface area contributed by atoms with E-state index in [-0.39, 0.29) is 6.61 Å². The summed E-state index contributed by atoms with van der Waals surface area (Å²) < 4.78 is 12.1. The van der Waals surface area contributed by atoms with Crippen LogP contribution in [0, 0.1) is 0 Å². The van der Waals surface area contributed by atoms with Gasteiger partial charge in [0, 0.05) is 41.5 Å². The standard InChI is InChI=1S/C35H29N7O/c1-4-12-28(13-5-1)32-19-23-40(37-32)35(27-43-26-31-18-10-11-22-36-31,41-24-20-33(38-41)29-14-6-2-7-15-29)42-25-21-34(39-42)30-16-8-3-9-17-30/h1-25H,26-27H2. The Bertz CT molecular complexity index is 1710. The molecule has 0 aliphatic rings.